The van der Waals surface area contributed by atoms with Crippen LogP contribution in [0.15, 0.2) is 108 Å². The number of thiophene rings is 1. The summed E-state index contributed by atoms with van der Waals surface area (Å²) in [7, 11) is 0. The Hall–Kier alpha value is -4.28. The fourth-order valence-corrected chi connectivity index (χ4v) is 5.52. The molecule has 38 heavy (non-hydrogen) atoms. The third-order valence-corrected chi connectivity index (χ3v) is 7.70. The highest BCUT2D eigenvalue weighted by Crippen LogP contribution is 2.30. The first-order valence-corrected chi connectivity index (χ1v) is 13.7. The van der Waals surface area contributed by atoms with E-state index >= 15 is 0 Å². The number of nitro groups is 1. The van der Waals surface area contributed by atoms with E-state index in [4.69, 9.17) is 0 Å². The van der Waals surface area contributed by atoms with Gasteiger partial charge in [0.15, 0.2) is 11.0 Å². The van der Waals surface area contributed by atoms with Crippen molar-refractivity contribution in [3.8, 4) is 5.69 Å². The molecule has 0 saturated heterocycles. The second-order valence-corrected chi connectivity index (χ2v) is 10.3. The fourth-order valence-electron chi connectivity index (χ4n) is 3.98. The van der Waals surface area contributed by atoms with Gasteiger partial charge in [0.1, 0.15) is 0 Å². The zero-order valence-corrected chi connectivity index (χ0v) is 21.8. The van der Waals surface area contributed by atoms with Crippen LogP contribution in [0.25, 0.3) is 5.69 Å². The summed E-state index contributed by atoms with van der Waals surface area (Å²) < 4.78 is 1.87. The zero-order chi connectivity index (χ0) is 26.3. The first-order chi connectivity index (χ1) is 18.6. The quantitative estimate of drug-likeness (QED) is 0.127. The molecule has 2 heterocycles. The van der Waals surface area contributed by atoms with Crippen LogP contribution < -0.4 is 5.32 Å². The van der Waals surface area contributed by atoms with Crippen LogP contribution in [-0.4, -0.2) is 25.6 Å². The van der Waals surface area contributed by atoms with Crippen molar-refractivity contribution >= 4 is 34.7 Å². The maximum Gasteiger partial charge on any atom is 0.269 e. The Labute approximate surface area is 227 Å². The molecule has 5 aromatic rings. The van der Waals surface area contributed by atoms with Crippen LogP contribution in [0, 0.1) is 10.1 Å². The summed E-state index contributed by atoms with van der Waals surface area (Å²) in [6.45, 7) is 0. The van der Waals surface area contributed by atoms with E-state index in [-0.39, 0.29) is 11.6 Å². The summed E-state index contributed by atoms with van der Waals surface area (Å²) in [5.41, 5.74) is 2.83. The van der Waals surface area contributed by atoms with E-state index in [1.54, 1.807) is 18.2 Å². The minimum atomic E-state index is -0.499. The molecule has 0 fully saturated rings. The molecule has 0 bridgehead atoms. The van der Waals surface area contributed by atoms with E-state index in [0.717, 1.165) is 11.1 Å². The molecule has 0 spiro atoms. The maximum absolute atomic E-state index is 13.1. The van der Waals surface area contributed by atoms with Gasteiger partial charge in [-0.25, -0.2) is 0 Å². The highest BCUT2D eigenvalue weighted by molar-refractivity contribution is 7.98. The number of nitro benzene ring substituents is 1. The number of nitrogens with one attached hydrogen (secondary N) is 1. The Bertz CT molecular complexity index is 1510. The number of carbonyl (C=O) groups is 1. The number of thioether (sulfide) groups is 1. The van der Waals surface area contributed by atoms with E-state index in [1.807, 2.05) is 76.7 Å². The molecule has 1 amide bonds. The maximum atomic E-state index is 13.1. The Morgan fingerprint density at radius 3 is 2.24 bits per heavy atom. The molecule has 0 radical (unpaired) electrons. The molecule has 0 aliphatic carbocycles. The van der Waals surface area contributed by atoms with Crippen LogP contribution in [0.2, 0.25) is 0 Å². The fraction of sp³-hybridized carbons (Fsp3) is 0.107. The summed E-state index contributed by atoms with van der Waals surface area (Å²) in [5.74, 6) is 1.01. The number of amides is 1. The van der Waals surface area contributed by atoms with Crippen LogP contribution in [0.5, 0.6) is 0 Å². The van der Waals surface area contributed by atoms with Crippen LogP contribution in [0.1, 0.15) is 32.7 Å². The Kier molecular flexibility index (Phi) is 7.91. The van der Waals surface area contributed by atoms with Crippen molar-refractivity contribution in [1.29, 1.82) is 0 Å². The number of aromatic nitrogens is 3. The van der Waals surface area contributed by atoms with Gasteiger partial charge in [-0.3, -0.25) is 19.5 Å². The molecular weight excluding hydrogens is 518 g/mol. The van der Waals surface area contributed by atoms with Crippen LogP contribution >= 0.6 is 23.1 Å². The molecule has 5 rings (SSSR count). The molecule has 1 atom stereocenters. The van der Waals surface area contributed by atoms with Crippen molar-refractivity contribution in [2.45, 2.75) is 23.4 Å². The minimum absolute atomic E-state index is 0.00584. The van der Waals surface area contributed by atoms with Crippen LogP contribution in [0.3, 0.4) is 0 Å². The topological polar surface area (TPSA) is 103 Å². The van der Waals surface area contributed by atoms with Gasteiger partial charge in [0.25, 0.3) is 11.6 Å². The number of benzene rings is 3. The van der Waals surface area contributed by atoms with Gasteiger partial charge in [-0.1, -0.05) is 78.5 Å². The lowest BCUT2D eigenvalue weighted by Crippen LogP contribution is -2.31. The second kappa shape index (κ2) is 11.8. The predicted molar refractivity (Wildman–Crippen MR) is 149 cm³/mol. The van der Waals surface area contributed by atoms with Gasteiger partial charge < -0.3 is 5.32 Å². The molecule has 2 aromatic heterocycles. The van der Waals surface area contributed by atoms with Crippen LogP contribution in [0.4, 0.5) is 5.69 Å². The Balaban J connectivity index is 1.55. The number of hydrogen-bond donors (Lipinski definition) is 1. The Morgan fingerprint density at radius 2 is 1.61 bits per heavy atom. The number of carbonyl (C=O) groups excluding carboxylic acids is 1. The lowest BCUT2D eigenvalue weighted by atomic mass is 10.0. The lowest BCUT2D eigenvalue weighted by molar-refractivity contribution is -0.384. The van der Waals surface area contributed by atoms with Gasteiger partial charge in [-0.2, -0.15) is 0 Å². The average molecular weight is 542 g/mol. The SMILES string of the molecule is O=C(NC(Cc1ccccc1)c1nnc(SCc2ccccc2)n1-c1ccc([N+](=O)[O-])cc1)c1cccs1. The van der Waals surface area contributed by atoms with E-state index < -0.39 is 11.0 Å². The van der Waals surface area contributed by atoms with Gasteiger partial charge in [-0.05, 0) is 41.1 Å². The van der Waals surface area contributed by atoms with Gasteiger partial charge in [0.2, 0.25) is 0 Å². The van der Waals surface area contributed by atoms with Gasteiger partial charge in [0, 0.05) is 23.6 Å². The standard InChI is InChI=1S/C28H23N5O3S2/c34-27(25-12-7-17-37-25)29-24(18-20-8-3-1-4-9-20)26-30-31-28(38-19-21-10-5-2-6-11-21)32(26)22-13-15-23(16-14-22)33(35)36/h1-17,24H,18-19H2,(H,29,34). The lowest BCUT2D eigenvalue weighted by Gasteiger charge is -2.20. The van der Waals surface area contributed by atoms with Crippen molar-refractivity contribution in [3.05, 3.63) is 134 Å². The summed E-state index contributed by atoms with van der Waals surface area (Å²) in [6, 6.07) is 29.3. The largest absolute Gasteiger partial charge is 0.341 e. The van der Waals surface area contributed by atoms with Gasteiger partial charge >= 0.3 is 0 Å². The molecule has 0 saturated carbocycles. The second-order valence-electron chi connectivity index (χ2n) is 8.42. The molecule has 0 aliphatic heterocycles. The van der Waals surface area contributed by atoms with E-state index in [0.29, 0.717) is 33.7 Å². The number of rotatable bonds is 10. The molecule has 3 aromatic carbocycles. The van der Waals surface area contributed by atoms with Crippen molar-refractivity contribution in [2.75, 3.05) is 0 Å². The van der Waals surface area contributed by atoms with E-state index in [2.05, 4.69) is 15.5 Å². The predicted octanol–water partition coefficient (Wildman–Crippen LogP) is 6.24. The number of hydrogen-bond acceptors (Lipinski definition) is 7. The Morgan fingerprint density at radius 1 is 0.921 bits per heavy atom. The molecule has 1 unspecified atom stereocenters. The number of non-ortho nitro benzene ring substituents is 1. The summed E-state index contributed by atoms with van der Waals surface area (Å²) >= 11 is 2.88. The average Bonchev–Trinajstić information content (AvgIpc) is 3.64. The molecule has 190 valence electrons. The van der Waals surface area contributed by atoms with Crippen molar-refractivity contribution in [1.82, 2.24) is 20.1 Å². The molecule has 1 N–H and O–H groups in total. The first kappa shape index (κ1) is 25.4. The molecular formula is C28H23N5O3S2. The monoisotopic (exact) mass is 541 g/mol. The van der Waals surface area contributed by atoms with Gasteiger partial charge in [-0.15, -0.1) is 21.5 Å². The molecule has 8 nitrogen and oxygen atoms in total. The third kappa shape index (κ3) is 5.99. The third-order valence-electron chi connectivity index (χ3n) is 5.83. The summed E-state index contributed by atoms with van der Waals surface area (Å²) in [4.78, 5) is 24.6. The highest BCUT2D eigenvalue weighted by Gasteiger charge is 2.26. The minimum Gasteiger partial charge on any atom is -0.341 e. The normalized spacial score (nSPS) is 11.7. The van der Waals surface area contributed by atoms with Crippen molar-refractivity contribution in [3.63, 3.8) is 0 Å². The molecule has 0 aliphatic rings. The first-order valence-electron chi connectivity index (χ1n) is 11.8. The molecule has 10 heteroatoms. The number of nitrogens with zero attached hydrogens (tertiary/aromatic N) is 4. The summed E-state index contributed by atoms with van der Waals surface area (Å²) in [6.07, 6.45) is 0.492. The van der Waals surface area contributed by atoms with Gasteiger partial charge in [0.05, 0.1) is 15.8 Å². The van der Waals surface area contributed by atoms with Crippen LogP contribution in [-0.2, 0) is 12.2 Å². The summed E-state index contributed by atoms with van der Waals surface area (Å²) in [5, 5.41) is 25.9. The van der Waals surface area contributed by atoms with Crippen molar-refractivity contribution in [2.24, 2.45) is 0 Å². The smallest absolute Gasteiger partial charge is 0.269 e. The highest BCUT2D eigenvalue weighted by atomic mass is 32.2. The van der Waals surface area contributed by atoms with E-state index in [9.17, 15) is 14.9 Å². The van der Waals surface area contributed by atoms with E-state index in [1.165, 1.54) is 35.2 Å². The van der Waals surface area contributed by atoms with Crippen molar-refractivity contribution < 1.29 is 9.72 Å². The zero-order valence-electron chi connectivity index (χ0n) is 20.1.